The first-order chi connectivity index (χ1) is 13.0. The molecule has 3 rings (SSSR count). The predicted octanol–water partition coefficient (Wildman–Crippen LogP) is 5.61. The van der Waals surface area contributed by atoms with Gasteiger partial charge in [0.15, 0.2) is 0 Å². The molecule has 0 atom stereocenters. The molecule has 0 unspecified atom stereocenters. The normalized spacial score (nSPS) is 11.3. The topological polar surface area (TPSA) is 54.9 Å². The van der Waals surface area contributed by atoms with Crippen molar-refractivity contribution >= 4 is 34.1 Å². The highest BCUT2D eigenvalue weighted by Gasteiger charge is 2.16. The largest absolute Gasteiger partial charge is 0.325 e. The number of aromatic nitrogens is 2. The summed E-state index contributed by atoms with van der Waals surface area (Å²) in [6.07, 6.45) is 1.74. The maximum Gasteiger partial charge on any atom is 0.234 e. The van der Waals surface area contributed by atoms with Gasteiger partial charge in [0.2, 0.25) is 5.91 Å². The fourth-order valence-corrected chi connectivity index (χ4v) is 3.90. The van der Waals surface area contributed by atoms with Gasteiger partial charge in [0.05, 0.1) is 11.9 Å². The first-order valence-corrected chi connectivity index (χ1v) is 10.2. The first kappa shape index (κ1) is 19.4. The quantitative estimate of drug-likeness (QED) is 0.566. The van der Waals surface area contributed by atoms with E-state index in [1.54, 1.807) is 6.20 Å². The smallest absolute Gasteiger partial charge is 0.234 e. The summed E-state index contributed by atoms with van der Waals surface area (Å²) >= 11 is 1.42. The number of rotatable bonds is 6. The number of para-hydroxylation sites is 1. The van der Waals surface area contributed by atoms with Crippen molar-refractivity contribution in [2.45, 2.75) is 44.6 Å². The molecule has 3 aromatic rings. The minimum Gasteiger partial charge on any atom is -0.325 e. The molecule has 0 fully saturated rings. The summed E-state index contributed by atoms with van der Waals surface area (Å²) in [5.41, 5.74) is 3.30. The Hall–Kier alpha value is -2.40. The van der Waals surface area contributed by atoms with E-state index >= 15 is 0 Å². The predicted molar refractivity (Wildman–Crippen MR) is 114 cm³/mol. The third kappa shape index (κ3) is 4.48. The highest BCUT2D eigenvalue weighted by Crippen LogP contribution is 2.33. The van der Waals surface area contributed by atoms with Crippen LogP contribution in [0.1, 0.15) is 50.7 Å². The summed E-state index contributed by atoms with van der Waals surface area (Å²) in [6.45, 7) is 8.59. The Morgan fingerprint density at radius 1 is 1.00 bits per heavy atom. The SMILES string of the molecule is CC(C)c1cccc(C(C)C)c1NC(=O)CSc1nncc2ccccc12. The van der Waals surface area contributed by atoms with Gasteiger partial charge >= 0.3 is 0 Å². The Morgan fingerprint density at radius 2 is 1.67 bits per heavy atom. The minimum atomic E-state index is -0.0234. The lowest BCUT2D eigenvalue weighted by molar-refractivity contribution is -0.113. The zero-order valence-electron chi connectivity index (χ0n) is 16.2. The second kappa shape index (κ2) is 8.53. The first-order valence-electron chi connectivity index (χ1n) is 9.23. The second-order valence-corrected chi connectivity index (χ2v) is 8.16. The van der Waals surface area contributed by atoms with Crippen molar-refractivity contribution in [1.29, 1.82) is 0 Å². The maximum atomic E-state index is 12.7. The maximum absolute atomic E-state index is 12.7. The average molecular weight is 380 g/mol. The van der Waals surface area contributed by atoms with Crippen LogP contribution in [-0.2, 0) is 4.79 Å². The van der Waals surface area contributed by atoms with Gasteiger partial charge in [-0.1, -0.05) is 81.9 Å². The number of thioether (sulfide) groups is 1. The number of benzene rings is 2. The number of anilines is 1. The van der Waals surface area contributed by atoms with Crippen LogP contribution in [0, 0.1) is 0 Å². The van der Waals surface area contributed by atoms with Gasteiger partial charge in [-0.15, -0.1) is 5.10 Å². The molecule has 4 nitrogen and oxygen atoms in total. The van der Waals surface area contributed by atoms with Crippen molar-refractivity contribution in [2.75, 3.05) is 11.1 Å². The molecule has 1 N–H and O–H groups in total. The van der Waals surface area contributed by atoms with Crippen LogP contribution < -0.4 is 5.32 Å². The molecule has 0 aliphatic carbocycles. The fourth-order valence-electron chi connectivity index (χ4n) is 3.11. The third-order valence-corrected chi connectivity index (χ3v) is 5.50. The van der Waals surface area contributed by atoms with Crippen molar-refractivity contribution in [1.82, 2.24) is 10.2 Å². The van der Waals surface area contributed by atoms with Gasteiger partial charge in [0, 0.05) is 16.5 Å². The van der Waals surface area contributed by atoms with Crippen molar-refractivity contribution in [3.05, 3.63) is 59.8 Å². The lowest BCUT2D eigenvalue weighted by atomic mass is 9.92. The van der Waals surface area contributed by atoms with E-state index in [9.17, 15) is 4.79 Å². The molecule has 0 aliphatic heterocycles. The Labute approximate surface area is 164 Å². The number of hydrogen-bond acceptors (Lipinski definition) is 4. The van der Waals surface area contributed by atoms with E-state index in [0.717, 1.165) is 21.5 Å². The summed E-state index contributed by atoms with van der Waals surface area (Å²) < 4.78 is 0. The Balaban J connectivity index is 1.78. The van der Waals surface area contributed by atoms with E-state index in [-0.39, 0.29) is 5.91 Å². The number of nitrogens with one attached hydrogen (secondary N) is 1. The van der Waals surface area contributed by atoms with Crippen LogP contribution in [0.4, 0.5) is 5.69 Å². The fraction of sp³-hybridized carbons (Fsp3) is 0.318. The van der Waals surface area contributed by atoms with Crippen LogP contribution in [0.15, 0.2) is 53.7 Å². The molecule has 0 radical (unpaired) electrons. The van der Waals surface area contributed by atoms with Gasteiger partial charge in [-0.05, 0) is 23.0 Å². The van der Waals surface area contributed by atoms with Crippen LogP contribution in [-0.4, -0.2) is 21.9 Å². The molecular formula is C22H25N3OS. The van der Waals surface area contributed by atoms with Crippen molar-refractivity contribution in [2.24, 2.45) is 0 Å². The van der Waals surface area contributed by atoms with Gasteiger partial charge in [0.1, 0.15) is 5.03 Å². The van der Waals surface area contributed by atoms with E-state index in [2.05, 4.69) is 61.4 Å². The van der Waals surface area contributed by atoms with E-state index in [1.807, 2.05) is 24.3 Å². The number of fused-ring (bicyclic) bond motifs is 1. The number of carbonyl (C=O) groups is 1. The molecule has 0 aliphatic rings. The van der Waals surface area contributed by atoms with E-state index in [0.29, 0.717) is 17.6 Å². The van der Waals surface area contributed by atoms with Gasteiger partial charge in [-0.3, -0.25) is 4.79 Å². The standard InChI is InChI=1S/C22H25N3OS/c1-14(2)17-10-7-11-18(15(3)4)21(17)24-20(26)13-27-22-19-9-6-5-8-16(19)12-23-25-22/h5-12,14-15H,13H2,1-4H3,(H,24,26). The zero-order chi connectivity index (χ0) is 19.4. The number of nitrogens with zero attached hydrogens (tertiary/aromatic N) is 2. The Bertz CT molecular complexity index is 922. The summed E-state index contributed by atoms with van der Waals surface area (Å²) in [6, 6.07) is 14.2. The molecule has 0 saturated carbocycles. The van der Waals surface area contributed by atoms with E-state index in [4.69, 9.17) is 0 Å². The molecule has 5 heteroatoms. The van der Waals surface area contributed by atoms with Crippen LogP contribution in [0.3, 0.4) is 0 Å². The molecule has 1 aromatic heterocycles. The molecular weight excluding hydrogens is 354 g/mol. The summed E-state index contributed by atoms with van der Waals surface area (Å²) in [4.78, 5) is 12.7. The second-order valence-electron chi connectivity index (χ2n) is 7.19. The van der Waals surface area contributed by atoms with Gasteiger partial charge in [-0.25, -0.2) is 0 Å². The van der Waals surface area contributed by atoms with E-state index < -0.39 is 0 Å². The highest BCUT2D eigenvalue weighted by atomic mass is 32.2. The summed E-state index contributed by atoms with van der Waals surface area (Å²) in [5.74, 6) is 0.961. The van der Waals surface area contributed by atoms with Gasteiger partial charge < -0.3 is 5.32 Å². The molecule has 27 heavy (non-hydrogen) atoms. The zero-order valence-corrected chi connectivity index (χ0v) is 17.0. The summed E-state index contributed by atoms with van der Waals surface area (Å²) in [5, 5.41) is 14.2. The molecule has 1 heterocycles. The van der Waals surface area contributed by atoms with Gasteiger partial charge in [0.25, 0.3) is 0 Å². The van der Waals surface area contributed by atoms with Crippen molar-refractivity contribution < 1.29 is 4.79 Å². The lowest BCUT2D eigenvalue weighted by Crippen LogP contribution is -2.17. The monoisotopic (exact) mass is 379 g/mol. The lowest BCUT2D eigenvalue weighted by Gasteiger charge is -2.20. The Kier molecular flexibility index (Phi) is 6.11. The Morgan fingerprint density at radius 3 is 2.33 bits per heavy atom. The van der Waals surface area contributed by atoms with E-state index in [1.165, 1.54) is 22.9 Å². The van der Waals surface area contributed by atoms with Crippen LogP contribution in [0.2, 0.25) is 0 Å². The molecule has 0 spiro atoms. The number of hydrogen-bond donors (Lipinski definition) is 1. The van der Waals surface area contributed by atoms with Crippen molar-refractivity contribution in [3.63, 3.8) is 0 Å². The average Bonchev–Trinajstić information content (AvgIpc) is 2.66. The number of amides is 1. The number of carbonyl (C=O) groups excluding carboxylic acids is 1. The highest BCUT2D eigenvalue weighted by molar-refractivity contribution is 8.00. The van der Waals surface area contributed by atoms with Gasteiger partial charge in [-0.2, -0.15) is 5.10 Å². The molecule has 1 amide bonds. The van der Waals surface area contributed by atoms with Crippen LogP contribution >= 0.6 is 11.8 Å². The molecule has 0 saturated heterocycles. The minimum absolute atomic E-state index is 0.0234. The summed E-state index contributed by atoms with van der Waals surface area (Å²) in [7, 11) is 0. The molecule has 2 aromatic carbocycles. The van der Waals surface area contributed by atoms with Crippen LogP contribution in [0.5, 0.6) is 0 Å². The molecule has 140 valence electrons. The third-order valence-electron chi connectivity index (χ3n) is 4.51. The molecule has 0 bridgehead atoms. The van der Waals surface area contributed by atoms with Crippen molar-refractivity contribution in [3.8, 4) is 0 Å². The van der Waals surface area contributed by atoms with Crippen LogP contribution in [0.25, 0.3) is 10.8 Å².